The van der Waals surface area contributed by atoms with Gasteiger partial charge in [0.25, 0.3) is 0 Å². The molecule has 2 aromatic heterocycles. The molecule has 0 radical (unpaired) electrons. The van der Waals surface area contributed by atoms with E-state index in [-0.39, 0.29) is 5.54 Å². The van der Waals surface area contributed by atoms with Crippen LogP contribution < -0.4 is 5.32 Å². The molecule has 3 heterocycles. The summed E-state index contributed by atoms with van der Waals surface area (Å²) in [5.41, 5.74) is 2.28. The van der Waals surface area contributed by atoms with Gasteiger partial charge in [0.05, 0.1) is 23.1 Å². The lowest BCUT2D eigenvalue weighted by Crippen LogP contribution is -2.40. The number of hydrogen-bond donors (Lipinski definition) is 1. The molecule has 4 heteroatoms. The lowest BCUT2D eigenvalue weighted by atomic mass is 9.87. The number of imidazole rings is 1. The predicted molar refractivity (Wildman–Crippen MR) is 72.0 cm³/mol. The molecule has 0 bridgehead atoms. The van der Waals surface area contributed by atoms with Crippen molar-refractivity contribution in [2.24, 2.45) is 0 Å². The molecule has 3 rings (SSSR count). The number of aryl methyl sites for hydroxylation is 1. The van der Waals surface area contributed by atoms with Gasteiger partial charge in [-0.25, -0.2) is 9.97 Å². The van der Waals surface area contributed by atoms with Crippen molar-refractivity contribution in [1.29, 1.82) is 0 Å². The first-order valence-corrected chi connectivity index (χ1v) is 6.50. The minimum absolute atomic E-state index is 0.0305. The molecule has 0 fully saturated rings. The minimum Gasteiger partial charge on any atom is -0.371 e. The molecule has 1 aliphatic heterocycles. The lowest BCUT2D eigenvalue weighted by Gasteiger charge is -2.39. The fourth-order valence-electron chi connectivity index (χ4n) is 2.83. The SMILES string of the molecule is CCC1(CC)Nc2cccnc2-n2c1cnc2C. The summed E-state index contributed by atoms with van der Waals surface area (Å²) < 4.78 is 2.18. The zero-order chi connectivity index (χ0) is 12.8. The van der Waals surface area contributed by atoms with Gasteiger partial charge in [0.1, 0.15) is 5.82 Å². The average Bonchev–Trinajstić information content (AvgIpc) is 2.81. The van der Waals surface area contributed by atoms with Crippen LogP contribution >= 0.6 is 0 Å². The first-order chi connectivity index (χ1) is 8.72. The van der Waals surface area contributed by atoms with Crippen LogP contribution in [0.2, 0.25) is 0 Å². The molecule has 0 saturated heterocycles. The fraction of sp³-hybridized carbons (Fsp3) is 0.429. The Morgan fingerprint density at radius 2 is 2.06 bits per heavy atom. The first-order valence-electron chi connectivity index (χ1n) is 6.50. The Balaban J connectivity index is 2.31. The maximum atomic E-state index is 4.49. The molecular weight excluding hydrogens is 224 g/mol. The number of fused-ring (bicyclic) bond motifs is 3. The van der Waals surface area contributed by atoms with Gasteiger partial charge in [0, 0.05) is 6.20 Å². The van der Waals surface area contributed by atoms with Crippen molar-refractivity contribution in [3.63, 3.8) is 0 Å². The van der Waals surface area contributed by atoms with E-state index in [0.717, 1.165) is 30.2 Å². The Kier molecular flexibility index (Phi) is 2.40. The van der Waals surface area contributed by atoms with Crippen LogP contribution in [0.5, 0.6) is 0 Å². The Labute approximate surface area is 107 Å². The van der Waals surface area contributed by atoms with Gasteiger partial charge in [-0.3, -0.25) is 4.57 Å². The molecule has 4 nitrogen and oxygen atoms in total. The predicted octanol–water partition coefficient (Wildman–Crippen LogP) is 3.02. The number of anilines is 1. The van der Waals surface area contributed by atoms with Gasteiger partial charge in [0.2, 0.25) is 0 Å². The summed E-state index contributed by atoms with van der Waals surface area (Å²) in [5, 5.41) is 3.66. The maximum Gasteiger partial charge on any atom is 0.161 e. The molecule has 1 aliphatic rings. The lowest BCUT2D eigenvalue weighted by molar-refractivity contribution is 0.424. The van der Waals surface area contributed by atoms with E-state index in [9.17, 15) is 0 Å². The molecule has 0 spiro atoms. The molecule has 2 aromatic rings. The smallest absolute Gasteiger partial charge is 0.161 e. The molecule has 0 unspecified atom stereocenters. The largest absolute Gasteiger partial charge is 0.371 e. The van der Waals surface area contributed by atoms with E-state index >= 15 is 0 Å². The third kappa shape index (κ3) is 1.32. The Hall–Kier alpha value is -1.84. The van der Waals surface area contributed by atoms with Crippen molar-refractivity contribution >= 4 is 5.69 Å². The molecule has 0 atom stereocenters. The summed E-state index contributed by atoms with van der Waals surface area (Å²) in [6.07, 6.45) is 5.87. The summed E-state index contributed by atoms with van der Waals surface area (Å²) in [6.45, 7) is 6.46. The third-order valence-corrected chi connectivity index (χ3v) is 4.01. The van der Waals surface area contributed by atoms with Gasteiger partial charge in [-0.2, -0.15) is 0 Å². The Morgan fingerprint density at radius 1 is 1.28 bits per heavy atom. The van der Waals surface area contributed by atoms with Crippen molar-refractivity contribution in [1.82, 2.24) is 14.5 Å². The van der Waals surface area contributed by atoms with Gasteiger partial charge in [0.15, 0.2) is 5.82 Å². The van der Waals surface area contributed by atoms with Gasteiger partial charge >= 0.3 is 0 Å². The van der Waals surface area contributed by atoms with Crippen LogP contribution in [0.4, 0.5) is 5.69 Å². The van der Waals surface area contributed by atoms with E-state index in [2.05, 4.69) is 39.8 Å². The van der Waals surface area contributed by atoms with Crippen LogP contribution in [0.3, 0.4) is 0 Å². The van der Waals surface area contributed by atoms with Gasteiger partial charge in [-0.15, -0.1) is 0 Å². The van der Waals surface area contributed by atoms with Crippen LogP contribution in [-0.2, 0) is 5.54 Å². The van der Waals surface area contributed by atoms with Crippen LogP contribution in [-0.4, -0.2) is 14.5 Å². The number of nitrogens with one attached hydrogen (secondary N) is 1. The molecule has 0 aromatic carbocycles. The van der Waals surface area contributed by atoms with E-state index in [1.54, 1.807) is 0 Å². The highest BCUT2D eigenvalue weighted by Gasteiger charge is 2.37. The van der Waals surface area contributed by atoms with E-state index in [1.807, 2.05) is 25.4 Å². The van der Waals surface area contributed by atoms with Crippen LogP contribution in [0.25, 0.3) is 5.82 Å². The highest BCUT2D eigenvalue weighted by Crippen LogP contribution is 2.40. The van der Waals surface area contributed by atoms with E-state index in [0.29, 0.717) is 0 Å². The van der Waals surface area contributed by atoms with E-state index in [1.165, 1.54) is 5.69 Å². The van der Waals surface area contributed by atoms with Crippen molar-refractivity contribution in [3.8, 4) is 5.82 Å². The fourth-order valence-corrected chi connectivity index (χ4v) is 2.83. The summed E-state index contributed by atoms with van der Waals surface area (Å²) >= 11 is 0. The molecule has 0 aliphatic carbocycles. The normalized spacial score (nSPS) is 15.7. The zero-order valence-corrected chi connectivity index (χ0v) is 11.1. The summed E-state index contributed by atoms with van der Waals surface area (Å²) in [5.74, 6) is 1.96. The summed E-state index contributed by atoms with van der Waals surface area (Å²) in [6, 6.07) is 4.06. The second-order valence-corrected chi connectivity index (χ2v) is 4.81. The van der Waals surface area contributed by atoms with Gasteiger partial charge in [-0.05, 0) is 31.9 Å². The number of pyridine rings is 1. The topological polar surface area (TPSA) is 42.7 Å². The number of aromatic nitrogens is 3. The monoisotopic (exact) mass is 242 g/mol. The third-order valence-electron chi connectivity index (χ3n) is 4.01. The molecule has 94 valence electrons. The highest BCUT2D eigenvalue weighted by molar-refractivity contribution is 5.63. The summed E-state index contributed by atoms with van der Waals surface area (Å²) in [4.78, 5) is 8.96. The minimum atomic E-state index is -0.0305. The van der Waals surface area contributed by atoms with Gasteiger partial charge < -0.3 is 5.32 Å². The van der Waals surface area contributed by atoms with Crippen LogP contribution in [0.15, 0.2) is 24.5 Å². The van der Waals surface area contributed by atoms with Crippen LogP contribution in [0, 0.1) is 6.92 Å². The molecule has 0 amide bonds. The van der Waals surface area contributed by atoms with Crippen molar-refractivity contribution in [2.45, 2.75) is 39.2 Å². The standard InChI is InChI=1S/C14H18N4/c1-4-14(5-2)12-9-16-10(3)18(12)13-11(17-14)7-6-8-15-13/h6-9,17H,4-5H2,1-3H3. The molecular formula is C14H18N4. The highest BCUT2D eigenvalue weighted by atomic mass is 15.2. The summed E-state index contributed by atoms with van der Waals surface area (Å²) in [7, 11) is 0. The van der Waals surface area contributed by atoms with Crippen molar-refractivity contribution in [3.05, 3.63) is 36.0 Å². The maximum absolute atomic E-state index is 4.49. The zero-order valence-electron chi connectivity index (χ0n) is 11.1. The second-order valence-electron chi connectivity index (χ2n) is 4.81. The number of hydrogen-bond acceptors (Lipinski definition) is 3. The van der Waals surface area contributed by atoms with Crippen molar-refractivity contribution < 1.29 is 0 Å². The van der Waals surface area contributed by atoms with Gasteiger partial charge in [-0.1, -0.05) is 13.8 Å². The average molecular weight is 242 g/mol. The van der Waals surface area contributed by atoms with E-state index < -0.39 is 0 Å². The Morgan fingerprint density at radius 3 is 2.78 bits per heavy atom. The van der Waals surface area contributed by atoms with Crippen LogP contribution in [0.1, 0.15) is 38.2 Å². The number of rotatable bonds is 2. The van der Waals surface area contributed by atoms with Crippen molar-refractivity contribution in [2.75, 3.05) is 5.32 Å². The molecule has 1 N–H and O–H groups in total. The molecule has 18 heavy (non-hydrogen) atoms. The second kappa shape index (κ2) is 3.83. The first kappa shape index (κ1) is 11.3. The number of nitrogens with zero attached hydrogens (tertiary/aromatic N) is 3. The molecule has 0 saturated carbocycles. The van der Waals surface area contributed by atoms with E-state index in [4.69, 9.17) is 0 Å². The quantitative estimate of drug-likeness (QED) is 0.880. The Bertz CT molecular complexity index is 581.